The van der Waals surface area contributed by atoms with E-state index < -0.39 is 6.10 Å². The van der Waals surface area contributed by atoms with E-state index in [4.69, 9.17) is 27.9 Å². The number of nitrogens with one attached hydrogen (secondary N) is 1. The Morgan fingerprint density at radius 1 is 1.12 bits per heavy atom. The first kappa shape index (κ1) is 19.1. The lowest BCUT2D eigenvalue weighted by atomic mass is 9.92. The lowest BCUT2D eigenvalue weighted by Crippen LogP contribution is -2.37. The number of carbonyl (C=O) groups is 1. The number of hydrogen-bond donors (Lipinski definition) is 1. The Kier molecular flexibility index (Phi) is 6.44. The molecule has 0 aromatic heterocycles. The third kappa shape index (κ3) is 4.72. The molecule has 0 aliphatic heterocycles. The summed E-state index contributed by atoms with van der Waals surface area (Å²) in [6.45, 7) is 2.29. The molecule has 0 bridgehead atoms. The number of hydrogen-bond acceptors (Lipinski definition) is 2. The van der Waals surface area contributed by atoms with Crippen LogP contribution >= 0.6 is 23.2 Å². The molecule has 0 fully saturated rings. The highest BCUT2D eigenvalue weighted by atomic mass is 35.5. The molecule has 3 nitrogen and oxygen atoms in total. The lowest BCUT2D eigenvalue weighted by Gasteiger charge is -2.20. The molecule has 26 heavy (non-hydrogen) atoms. The summed E-state index contributed by atoms with van der Waals surface area (Å²) in [6.07, 6.45) is 4.76. The lowest BCUT2D eigenvalue weighted by molar-refractivity contribution is -0.128. The number of fused-ring (bicyclic) bond motifs is 1. The first-order valence-corrected chi connectivity index (χ1v) is 9.82. The van der Waals surface area contributed by atoms with Gasteiger partial charge in [-0.15, -0.1) is 0 Å². The molecule has 3 rings (SSSR count). The van der Waals surface area contributed by atoms with Gasteiger partial charge in [0.15, 0.2) is 6.10 Å². The monoisotopic (exact) mass is 391 g/mol. The van der Waals surface area contributed by atoms with Crippen LogP contribution in [0.2, 0.25) is 10.0 Å². The van der Waals surface area contributed by atoms with E-state index >= 15 is 0 Å². The smallest absolute Gasteiger partial charge is 0.261 e. The Morgan fingerprint density at radius 3 is 2.62 bits per heavy atom. The van der Waals surface area contributed by atoms with E-state index in [1.807, 2.05) is 19.1 Å². The average molecular weight is 392 g/mol. The van der Waals surface area contributed by atoms with Crippen molar-refractivity contribution in [2.75, 3.05) is 0 Å². The van der Waals surface area contributed by atoms with Crippen molar-refractivity contribution >= 4 is 29.1 Å². The quantitative estimate of drug-likeness (QED) is 0.720. The summed E-state index contributed by atoms with van der Waals surface area (Å²) in [6, 6.07) is 11.4. The topological polar surface area (TPSA) is 38.3 Å². The van der Waals surface area contributed by atoms with E-state index in [2.05, 4.69) is 17.4 Å². The van der Waals surface area contributed by atoms with Gasteiger partial charge in [0.2, 0.25) is 0 Å². The summed E-state index contributed by atoms with van der Waals surface area (Å²) < 4.78 is 5.96. The van der Waals surface area contributed by atoms with E-state index in [1.54, 1.807) is 12.1 Å². The van der Waals surface area contributed by atoms with E-state index in [9.17, 15) is 4.79 Å². The predicted octanol–water partition coefficient (Wildman–Crippen LogP) is 5.35. The van der Waals surface area contributed by atoms with Gasteiger partial charge in [0.1, 0.15) is 5.75 Å². The first-order valence-electron chi connectivity index (χ1n) is 9.07. The molecule has 138 valence electrons. The fourth-order valence-electron chi connectivity index (χ4n) is 3.23. The van der Waals surface area contributed by atoms with Crippen molar-refractivity contribution in [1.29, 1.82) is 0 Å². The molecule has 0 unspecified atom stereocenters. The van der Waals surface area contributed by atoms with Crippen LogP contribution in [-0.4, -0.2) is 12.0 Å². The molecule has 5 heteroatoms. The van der Waals surface area contributed by atoms with Crippen LogP contribution in [0.1, 0.15) is 42.9 Å². The van der Waals surface area contributed by atoms with Gasteiger partial charge >= 0.3 is 0 Å². The van der Waals surface area contributed by atoms with Gasteiger partial charge in [-0.3, -0.25) is 4.79 Å². The fourth-order valence-corrected chi connectivity index (χ4v) is 3.71. The van der Waals surface area contributed by atoms with Crippen molar-refractivity contribution in [1.82, 2.24) is 5.32 Å². The Balaban J connectivity index is 1.61. The molecule has 2 aromatic carbocycles. The highest BCUT2D eigenvalue weighted by Gasteiger charge is 2.19. The zero-order valence-corrected chi connectivity index (χ0v) is 16.4. The predicted molar refractivity (Wildman–Crippen MR) is 106 cm³/mol. The van der Waals surface area contributed by atoms with Crippen molar-refractivity contribution in [3.8, 4) is 5.75 Å². The summed E-state index contributed by atoms with van der Waals surface area (Å²) >= 11 is 12.1. The van der Waals surface area contributed by atoms with Gasteiger partial charge in [-0.25, -0.2) is 0 Å². The molecule has 1 amide bonds. The van der Waals surface area contributed by atoms with Gasteiger partial charge < -0.3 is 10.1 Å². The highest BCUT2D eigenvalue weighted by Crippen LogP contribution is 2.26. The van der Waals surface area contributed by atoms with E-state index in [-0.39, 0.29) is 5.91 Å². The largest absolute Gasteiger partial charge is 0.481 e. The van der Waals surface area contributed by atoms with Crippen molar-refractivity contribution in [3.63, 3.8) is 0 Å². The molecule has 0 saturated heterocycles. The molecule has 0 saturated carbocycles. The molecule has 0 heterocycles. The Bertz CT molecular complexity index is 792. The molecule has 0 spiro atoms. The zero-order chi connectivity index (χ0) is 18.5. The second kappa shape index (κ2) is 8.79. The Hall–Kier alpha value is -1.71. The third-order valence-corrected chi connectivity index (χ3v) is 5.32. The van der Waals surface area contributed by atoms with Crippen molar-refractivity contribution < 1.29 is 9.53 Å². The van der Waals surface area contributed by atoms with Crippen LogP contribution < -0.4 is 10.1 Å². The fraction of sp³-hybridized carbons (Fsp3) is 0.381. The van der Waals surface area contributed by atoms with Gasteiger partial charge in [-0.05, 0) is 73.1 Å². The minimum Gasteiger partial charge on any atom is -0.481 e. The van der Waals surface area contributed by atoms with E-state index in [0.717, 1.165) is 24.2 Å². The summed E-state index contributed by atoms with van der Waals surface area (Å²) in [7, 11) is 0. The van der Waals surface area contributed by atoms with Crippen LogP contribution in [0.3, 0.4) is 0 Å². The summed E-state index contributed by atoms with van der Waals surface area (Å²) in [5.41, 5.74) is 3.57. The second-order valence-electron chi connectivity index (χ2n) is 6.61. The standard InChI is InChI=1S/C21H23Cl2NO2/c1-2-20(21(25)24-13-16-7-9-17(22)12-19(16)23)26-18-10-8-14-5-3-4-6-15(14)11-18/h7-12,20H,2-6,13H2,1H3,(H,24,25)/t20-/m0/s1. The summed E-state index contributed by atoms with van der Waals surface area (Å²) in [5, 5.41) is 4.02. The normalized spacial score (nSPS) is 14.4. The summed E-state index contributed by atoms with van der Waals surface area (Å²) in [5.74, 6) is 0.619. The van der Waals surface area contributed by atoms with E-state index in [0.29, 0.717) is 23.0 Å². The van der Waals surface area contributed by atoms with Crippen LogP contribution in [0, 0.1) is 0 Å². The number of halogens is 2. The number of rotatable bonds is 6. The van der Waals surface area contributed by atoms with Crippen molar-refractivity contribution in [2.45, 2.75) is 51.7 Å². The van der Waals surface area contributed by atoms with Gasteiger partial charge in [0.25, 0.3) is 5.91 Å². The molecule has 1 atom stereocenters. The summed E-state index contributed by atoms with van der Waals surface area (Å²) in [4.78, 5) is 12.5. The van der Waals surface area contributed by atoms with Gasteiger partial charge in [0, 0.05) is 16.6 Å². The Morgan fingerprint density at radius 2 is 1.88 bits per heavy atom. The zero-order valence-electron chi connectivity index (χ0n) is 14.9. The van der Waals surface area contributed by atoms with Gasteiger partial charge in [-0.1, -0.05) is 42.3 Å². The molecule has 1 aliphatic rings. The maximum absolute atomic E-state index is 12.5. The van der Waals surface area contributed by atoms with E-state index in [1.165, 1.54) is 24.0 Å². The third-order valence-electron chi connectivity index (χ3n) is 4.73. The number of ether oxygens (including phenoxy) is 1. The van der Waals surface area contributed by atoms with Crippen LogP contribution in [0.25, 0.3) is 0 Å². The van der Waals surface area contributed by atoms with Gasteiger partial charge in [0.05, 0.1) is 0 Å². The number of aryl methyl sites for hydroxylation is 2. The second-order valence-corrected chi connectivity index (χ2v) is 7.45. The number of amides is 1. The average Bonchev–Trinajstić information content (AvgIpc) is 2.65. The molecular weight excluding hydrogens is 369 g/mol. The van der Waals surface area contributed by atoms with Crippen LogP contribution in [0.4, 0.5) is 0 Å². The maximum Gasteiger partial charge on any atom is 0.261 e. The molecule has 1 aliphatic carbocycles. The van der Waals surface area contributed by atoms with Crippen molar-refractivity contribution in [2.24, 2.45) is 0 Å². The minimum absolute atomic E-state index is 0.142. The number of carbonyl (C=O) groups excluding carboxylic acids is 1. The van der Waals surface area contributed by atoms with Gasteiger partial charge in [-0.2, -0.15) is 0 Å². The van der Waals surface area contributed by atoms with Crippen LogP contribution in [0.15, 0.2) is 36.4 Å². The minimum atomic E-state index is -0.525. The van der Waals surface area contributed by atoms with Crippen LogP contribution in [0.5, 0.6) is 5.75 Å². The first-order chi connectivity index (χ1) is 12.6. The maximum atomic E-state index is 12.5. The molecule has 1 N–H and O–H groups in total. The Labute approximate surface area is 164 Å². The van der Waals surface area contributed by atoms with Crippen molar-refractivity contribution in [3.05, 3.63) is 63.1 Å². The molecular formula is C21H23Cl2NO2. The van der Waals surface area contributed by atoms with Crippen LogP contribution in [-0.2, 0) is 24.2 Å². The molecule has 2 aromatic rings. The highest BCUT2D eigenvalue weighted by molar-refractivity contribution is 6.35. The SMILES string of the molecule is CC[C@H](Oc1ccc2c(c1)CCCC2)C(=O)NCc1ccc(Cl)cc1Cl. The molecule has 0 radical (unpaired) electrons. The number of benzene rings is 2.